The van der Waals surface area contributed by atoms with Gasteiger partial charge in [-0.2, -0.15) is 0 Å². The van der Waals surface area contributed by atoms with Crippen molar-refractivity contribution in [1.82, 2.24) is 0 Å². The Bertz CT molecular complexity index is 854. The summed E-state index contributed by atoms with van der Waals surface area (Å²) in [5.74, 6) is 1.61. The third-order valence-corrected chi connectivity index (χ3v) is 5.14. The number of fused-ring (bicyclic) bond motifs is 1. The average Bonchev–Trinajstić information content (AvgIpc) is 3.16. The molecule has 0 amide bonds. The van der Waals surface area contributed by atoms with Crippen molar-refractivity contribution in [1.29, 1.82) is 0 Å². The number of furan rings is 2. The van der Waals surface area contributed by atoms with E-state index >= 15 is 0 Å². The highest BCUT2D eigenvalue weighted by molar-refractivity contribution is 9.10. The van der Waals surface area contributed by atoms with Crippen LogP contribution in [0.25, 0.3) is 11.1 Å². The first-order chi connectivity index (χ1) is 11.5. The van der Waals surface area contributed by atoms with Crippen LogP contribution in [-0.2, 0) is 0 Å². The summed E-state index contributed by atoms with van der Waals surface area (Å²) in [5, 5.41) is 0. The van der Waals surface area contributed by atoms with Gasteiger partial charge >= 0.3 is 0 Å². The molecular formula is C18H14Br2N2O2. The fraction of sp³-hybridized carbons (Fsp3) is 0.222. The second kappa shape index (κ2) is 6.01. The molecule has 0 spiro atoms. The first-order valence-electron chi connectivity index (χ1n) is 7.55. The molecule has 6 heteroatoms. The van der Waals surface area contributed by atoms with Crippen molar-refractivity contribution in [3.63, 3.8) is 0 Å². The van der Waals surface area contributed by atoms with E-state index < -0.39 is 0 Å². The van der Waals surface area contributed by atoms with E-state index in [9.17, 15) is 0 Å². The Kier molecular flexibility index (Phi) is 3.96. The third-order valence-electron chi connectivity index (χ3n) is 4.28. The predicted octanol–water partition coefficient (Wildman–Crippen LogP) is 5.55. The number of hydrogen-bond donors (Lipinski definition) is 0. The van der Waals surface area contributed by atoms with Crippen molar-refractivity contribution >= 4 is 54.4 Å². The van der Waals surface area contributed by atoms with E-state index in [1.54, 1.807) is 0 Å². The lowest BCUT2D eigenvalue weighted by Gasteiger charge is -2.31. The van der Waals surface area contributed by atoms with Crippen LogP contribution in [0, 0.1) is 0 Å². The van der Waals surface area contributed by atoms with E-state index in [0.717, 1.165) is 34.1 Å². The maximum atomic E-state index is 5.75. The van der Waals surface area contributed by atoms with Gasteiger partial charge < -0.3 is 8.83 Å². The molecule has 3 heterocycles. The van der Waals surface area contributed by atoms with Crippen LogP contribution in [0.4, 0.5) is 0 Å². The van der Waals surface area contributed by atoms with E-state index in [2.05, 4.69) is 31.9 Å². The van der Waals surface area contributed by atoms with Crippen molar-refractivity contribution in [2.75, 3.05) is 0 Å². The molecule has 1 aliphatic heterocycles. The molecule has 0 aromatic carbocycles. The Morgan fingerprint density at radius 1 is 0.750 bits per heavy atom. The van der Waals surface area contributed by atoms with Crippen LogP contribution in [-0.4, -0.2) is 23.5 Å². The predicted molar refractivity (Wildman–Crippen MR) is 103 cm³/mol. The zero-order valence-corrected chi connectivity index (χ0v) is 16.3. The van der Waals surface area contributed by atoms with E-state index in [0.29, 0.717) is 9.34 Å². The van der Waals surface area contributed by atoms with E-state index in [-0.39, 0.29) is 12.1 Å². The normalized spacial score (nSPS) is 23.2. The molecule has 1 aliphatic carbocycles. The van der Waals surface area contributed by atoms with Crippen LogP contribution in [0.2, 0.25) is 0 Å². The van der Waals surface area contributed by atoms with Crippen LogP contribution in [0.1, 0.15) is 25.4 Å². The molecule has 0 saturated heterocycles. The van der Waals surface area contributed by atoms with Crippen LogP contribution in [0.15, 0.2) is 64.6 Å². The lowest BCUT2D eigenvalue weighted by Crippen LogP contribution is -2.34. The molecule has 2 aliphatic rings. The van der Waals surface area contributed by atoms with Crippen molar-refractivity contribution in [2.24, 2.45) is 9.98 Å². The Hall–Kier alpha value is -1.66. The van der Waals surface area contributed by atoms with Gasteiger partial charge in [-0.05, 0) is 70.0 Å². The van der Waals surface area contributed by atoms with Gasteiger partial charge in [-0.1, -0.05) is 12.2 Å². The molecular weight excluding hydrogens is 436 g/mol. The molecule has 122 valence electrons. The number of hydrogen-bond acceptors (Lipinski definition) is 4. The van der Waals surface area contributed by atoms with Crippen molar-refractivity contribution in [3.8, 4) is 0 Å². The van der Waals surface area contributed by atoms with Gasteiger partial charge in [0.1, 0.15) is 23.6 Å². The van der Waals surface area contributed by atoms with Gasteiger partial charge in [-0.25, -0.2) is 0 Å². The molecule has 2 aromatic heterocycles. The largest absolute Gasteiger partial charge is 0.450 e. The molecule has 0 bridgehead atoms. The van der Waals surface area contributed by atoms with Crippen molar-refractivity contribution < 1.29 is 8.83 Å². The molecule has 24 heavy (non-hydrogen) atoms. The Labute approximate surface area is 156 Å². The van der Waals surface area contributed by atoms with Gasteiger partial charge in [0, 0.05) is 11.1 Å². The Morgan fingerprint density at radius 2 is 1.17 bits per heavy atom. The third kappa shape index (κ3) is 2.67. The number of allylic oxidation sites excluding steroid dienone is 2. The second-order valence-electron chi connectivity index (χ2n) is 5.77. The lowest BCUT2D eigenvalue weighted by atomic mass is 9.85. The fourth-order valence-electron chi connectivity index (χ4n) is 3.00. The zero-order chi connectivity index (χ0) is 16.8. The summed E-state index contributed by atoms with van der Waals surface area (Å²) >= 11 is 6.73. The molecule has 4 rings (SSSR count). The van der Waals surface area contributed by atoms with Crippen molar-refractivity contribution in [2.45, 2.75) is 25.9 Å². The van der Waals surface area contributed by atoms with E-state index in [4.69, 9.17) is 18.8 Å². The molecule has 2 atom stereocenters. The molecule has 0 saturated carbocycles. The summed E-state index contributed by atoms with van der Waals surface area (Å²) < 4.78 is 12.9. The second-order valence-corrected chi connectivity index (χ2v) is 7.33. The van der Waals surface area contributed by atoms with Crippen LogP contribution >= 0.6 is 31.9 Å². The smallest absolute Gasteiger partial charge is 0.169 e. The number of nitrogens with zero attached hydrogens (tertiary/aromatic N) is 2. The molecule has 2 unspecified atom stereocenters. The first-order valence-corrected chi connectivity index (χ1v) is 9.14. The van der Waals surface area contributed by atoms with Crippen molar-refractivity contribution in [3.05, 3.63) is 57.3 Å². The van der Waals surface area contributed by atoms with Gasteiger partial charge in [0.05, 0.1) is 11.4 Å². The summed E-state index contributed by atoms with van der Waals surface area (Å²) in [7, 11) is 0. The first kappa shape index (κ1) is 15.8. The fourth-order valence-corrected chi connectivity index (χ4v) is 3.61. The zero-order valence-electron chi connectivity index (χ0n) is 13.1. The Balaban J connectivity index is 1.85. The number of halogens is 2. The summed E-state index contributed by atoms with van der Waals surface area (Å²) in [6.45, 7) is 3.98. The highest BCUT2D eigenvalue weighted by atomic mass is 79.9. The van der Waals surface area contributed by atoms with Gasteiger partial charge in [-0.15, -0.1) is 0 Å². The van der Waals surface area contributed by atoms with E-state index in [1.165, 1.54) is 0 Å². The van der Waals surface area contributed by atoms with Crippen LogP contribution in [0.3, 0.4) is 0 Å². The minimum Gasteiger partial charge on any atom is -0.450 e. The summed E-state index contributed by atoms with van der Waals surface area (Å²) in [6.07, 6.45) is 4.09. The maximum Gasteiger partial charge on any atom is 0.169 e. The molecule has 0 fully saturated rings. The summed E-state index contributed by atoms with van der Waals surface area (Å²) in [4.78, 5) is 9.77. The van der Waals surface area contributed by atoms with Gasteiger partial charge in [0.2, 0.25) is 0 Å². The molecule has 0 N–H and O–H groups in total. The highest BCUT2D eigenvalue weighted by Crippen LogP contribution is 2.39. The van der Waals surface area contributed by atoms with E-state index in [1.807, 2.05) is 50.3 Å². The quantitative estimate of drug-likeness (QED) is 0.603. The minimum atomic E-state index is -0.115. The number of aliphatic imine (C=N–C) groups is 2. The Morgan fingerprint density at radius 3 is 1.50 bits per heavy atom. The maximum absolute atomic E-state index is 5.75. The summed E-state index contributed by atoms with van der Waals surface area (Å²) in [6, 6.07) is 7.45. The minimum absolute atomic E-state index is 0.115. The van der Waals surface area contributed by atoms with Gasteiger partial charge in [0.25, 0.3) is 0 Å². The lowest BCUT2D eigenvalue weighted by molar-refractivity contribution is 0.511. The molecule has 0 radical (unpaired) electrons. The average molecular weight is 450 g/mol. The highest BCUT2D eigenvalue weighted by Gasteiger charge is 2.36. The molecule has 2 aromatic rings. The van der Waals surface area contributed by atoms with Gasteiger partial charge in [-0.3, -0.25) is 9.98 Å². The molecule has 4 nitrogen and oxygen atoms in total. The summed E-state index contributed by atoms with van der Waals surface area (Å²) in [5.41, 5.74) is 3.95. The monoisotopic (exact) mass is 448 g/mol. The number of rotatable bonds is 2. The van der Waals surface area contributed by atoms with Crippen LogP contribution in [0.5, 0.6) is 0 Å². The SMILES string of the molecule is CC1=NC2C(c3ccc(Br)o3)=CC=C(c3ccc(Br)o3)C2N=C1C. The van der Waals surface area contributed by atoms with Gasteiger partial charge in [0.15, 0.2) is 9.34 Å². The topological polar surface area (TPSA) is 51.0 Å². The van der Waals surface area contributed by atoms with Crippen LogP contribution < -0.4 is 0 Å². The standard InChI is InChI=1S/C18H14Br2N2O2/c1-9-10(2)22-18-12(14-6-8-16(20)24-14)4-3-11(17(18)21-9)13-5-7-15(19)23-13/h3-8,17-18H,1-2H3.